The molecule has 0 aromatic carbocycles. The Kier molecular flexibility index (Phi) is 9.84. The van der Waals surface area contributed by atoms with E-state index < -0.39 is 0 Å². The number of imide groups is 1. The van der Waals surface area contributed by atoms with Gasteiger partial charge in [-0.3, -0.25) is 14.5 Å². The van der Waals surface area contributed by atoms with Gasteiger partial charge in [-0.1, -0.05) is 70.8 Å². The zero-order chi connectivity index (χ0) is 15.3. The Bertz CT molecular complexity index is 320. The highest BCUT2D eigenvalue weighted by molar-refractivity contribution is 6.02. The minimum absolute atomic E-state index is 0.0562. The lowest BCUT2D eigenvalue weighted by Gasteiger charge is -2.06. The molecule has 21 heavy (non-hydrogen) atoms. The minimum atomic E-state index is -0.0562. The largest absolute Gasteiger partial charge is 0.274 e. The number of hydrogen-bond acceptors (Lipinski definition) is 2. The van der Waals surface area contributed by atoms with Crippen LogP contribution < -0.4 is 0 Å². The molecule has 1 saturated heterocycles. The number of carbonyl (C=O) groups is 2. The normalized spacial score (nSPS) is 15.6. The summed E-state index contributed by atoms with van der Waals surface area (Å²) in [5, 5.41) is 0. The van der Waals surface area contributed by atoms with Crippen molar-refractivity contribution < 1.29 is 9.59 Å². The maximum Gasteiger partial charge on any atom is 0.233 e. The van der Waals surface area contributed by atoms with Gasteiger partial charge in [-0.15, -0.1) is 0 Å². The van der Waals surface area contributed by atoms with Gasteiger partial charge in [-0.25, -0.2) is 0 Å². The lowest BCUT2D eigenvalue weighted by molar-refractivity contribution is -0.135. The zero-order valence-corrected chi connectivity index (χ0v) is 13.6. The minimum Gasteiger partial charge on any atom is -0.274 e. The predicted molar refractivity (Wildman–Crippen MR) is 86.7 cm³/mol. The van der Waals surface area contributed by atoms with Crippen molar-refractivity contribution in [1.29, 1.82) is 0 Å². The van der Waals surface area contributed by atoms with Crippen LogP contribution in [0.25, 0.3) is 0 Å². The molecule has 3 nitrogen and oxygen atoms in total. The number of rotatable bonds is 12. The average Bonchev–Trinajstić information content (AvgIpc) is 2.80. The van der Waals surface area contributed by atoms with Crippen LogP contribution in [0.5, 0.6) is 0 Å². The summed E-state index contributed by atoms with van der Waals surface area (Å²) >= 11 is 0. The van der Waals surface area contributed by atoms with Gasteiger partial charge < -0.3 is 0 Å². The standard InChI is InChI=1S/C18H31NO2/c1-2-3-4-5-6-7-8-9-10-11-12-13-16-19-17(20)14-15-18(19)21/h13,16H,2-12,14-15H2,1H3/b16-13+. The first-order valence-corrected chi connectivity index (χ1v) is 8.77. The van der Waals surface area contributed by atoms with E-state index in [0.29, 0.717) is 12.8 Å². The molecule has 1 aliphatic heterocycles. The Labute approximate surface area is 129 Å². The molecule has 2 amide bonds. The van der Waals surface area contributed by atoms with Crippen LogP contribution in [0.2, 0.25) is 0 Å². The molecule has 0 aromatic rings. The van der Waals surface area contributed by atoms with Crippen LogP contribution >= 0.6 is 0 Å². The highest BCUT2D eigenvalue weighted by Gasteiger charge is 2.26. The first-order valence-electron chi connectivity index (χ1n) is 8.77. The quantitative estimate of drug-likeness (QED) is 0.377. The predicted octanol–water partition coefficient (Wildman–Crippen LogP) is 4.96. The third kappa shape index (κ3) is 8.03. The van der Waals surface area contributed by atoms with E-state index in [1.807, 2.05) is 6.08 Å². The van der Waals surface area contributed by atoms with Crippen LogP contribution in [0.1, 0.15) is 90.4 Å². The maximum atomic E-state index is 11.4. The van der Waals surface area contributed by atoms with Crippen LogP contribution in [0, 0.1) is 0 Å². The van der Waals surface area contributed by atoms with E-state index in [9.17, 15) is 9.59 Å². The zero-order valence-electron chi connectivity index (χ0n) is 13.6. The van der Waals surface area contributed by atoms with Gasteiger partial charge in [0, 0.05) is 19.0 Å². The highest BCUT2D eigenvalue weighted by Crippen LogP contribution is 2.14. The molecule has 1 fully saturated rings. The van der Waals surface area contributed by atoms with E-state index in [1.165, 1.54) is 62.7 Å². The van der Waals surface area contributed by atoms with E-state index in [0.717, 1.165) is 12.8 Å². The second kappa shape index (κ2) is 11.5. The molecule has 0 aromatic heterocycles. The highest BCUT2D eigenvalue weighted by atomic mass is 16.2. The van der Waals surface area contributed by atoms with Crippen molar-refractivity contribution >= 4 is 11.8 Å². The van der Waals surface area contributed by atoms with Crippen molar-refractivity contribution in [3.8, 4) is 0 Å². The molecular weight excluding hydrogens is 262 g/mol. The fraction of sp³-hybridized carbons (Fsp3) is 0.778. The summed E-state index contributed by atoms with van der Waals surface area (Å²) in [4.78, 5) is 24.0. The summed E-state index contributed by atoms with van der Waals surface area (Å²) in [7, 11) is 0. The van der Waals surface area contributed by atoms with Gasteiger partial charge >= 0.3 is 0 Å². The van der Waals surface area contributed by atoms with E-state index in [1.54, 1.807) is 6.20 Å². The Hall–Kier alpha value is -1.12. The Morgan fingerprint density at radius 2 is 1.29 bits per heavy atom. The number of carbonyl (C=O) groups excluding carboxylic acids is 2. The Balaban J connectivity index is 1.88. The summed E-state index contributed by atoms with van der Waals surface area (Å²) in [6, 6.07) is 0. The summed E-state index contributed by atoms with van der Waals surface area (Å²) in [5.41, 5.74) is 0. The van der Waals surface area contributed by atoms with E-state index in [2.05, 4.69) is 6.92 Å². The van der Waals surface area contributed by atoms with Crippen LogP contribution in [-0.2, 0) is 9.59 Å². The number of allylic oxidation sites excluding steroid dienone is 1. The van der Waals surface area contributed by atoms with Crippen molar-refractivity contribution in [2.24, 2.45) is 0 Å². The van der Waals surface area contributed by atoms with Gasteiger partial charge in [-0.05, 0) is 12.8 Å². The summed E-state index contributed by atoms with van der Waals surface area (Å²) < 4.78 is 0. The molecular formula is C18H31NO2. The van der Waals surface area contributed by atoms with Crippen LogP contribution in [0.15, 0.2) is 12.3 Å². The molecule has 0 spiro atoms. The summed E-state index contributed by atoms with van der Waals surface area (Å²) in [6.45, 7) is 2.25. The van der Waals surface area contributed by atoms with Crippen LogP contribution in [0.3, 0.4) is 0 Å². The van der Waals surface area contributed by atoms with Crippen molar-refractivity contribution in [2.75, 3.05) is 0 Å². The molecule has 0 bridgehead atoms. The monoisotopic (exact) mass is 293 g/mol. The molecule has 0 N–H and O–H groups in total. The van der Waals surface area contributed by atoms with Crippen LogP contribution in [0.4, 0.5) is 0 Å². The number of likely N-dealkylation sites (tertiary alicyclic amines) is 1. The number of nitrogens with zero attached hydrogens (tertiary/aromatic N) is 1. The van der Waals surface area contributed by atoms with Crippen LogP contribution in [-0.4, -0.2) is 16.7 Å². The molecule has 0 aliphatic carbocycles. The fourth-order valence-electron chi connectivity index (χ4n) is 2.69. The van der Waals surface area contributed by atoms with E-state index >= 15 is 0 Å². The summed E-state index contributed by atoms with van der Waals surface area (Å²) in [6.07, 6.45) is 18.7. The lowest BCUT2D eigenvalue weighted by Crippen LogP contribution is -2.22. The maximum absolute atomic E-state index is 11.4. The van der Waals surface area contributed by atoms with Gasteiger partial charge in [0.1, 0.15) is 0 Å². The molecule has 120 valence electrons. The molecule has 3 heteroatoms. The lowest BCUT2D eigenvalue weighted by atomic mass is 10.1. The third-order valence-corrected chi connectivity index (χ3v) is 4.07. The SMILES string of the molecule is CCCCCCCCCCCC/C=C/N1C(=O)CCC1=O. The van der Waals surface area contributed by atoms with Crippen molar-refractivity contribution in [3.05, 3.63) is 12.3 Å². The van der Waals surface area contributed by atoms with Gasteiger partial charge in [0.25, 0.3) is 0 Å². The first-order chi connectivity index (χ1) is 10.3. The summed E-state index contributed by atoms with van der Waals surface area (Å²) in [5.74, 6) is -0.112. The average molecular weight is 293 g/mol. The number of amides is 2. The molecule has 0 radical (unpaired) electrons. The van der Waals surface area contributed by atoms with Gasteiger partial charge in [0.2, 0.25) is 11.8 Å². The fourth-order valence-corrected chi connectivity index (χ4v) is 2.69. The topological polar surface area (TPSA) is 37.4 Å². The molecule has 0 unspecified atom stereocenters. The molecule has 1 aliphatic rings. The van der Waals surface area contributed by atoms with Gasteiger partial charge in [0.15, 0.2) is 0 Å². The Morgan fingerprint density at radius 1 is 0.810 bits per heavy atom. The molecule has 0 saturated carbocycles. The van der Waals surface area contributed by atoms with Crippen molar-refractivity contribution in [3.63, 3.8) is 0 Å². The number of unbranched alkanes of at least 4 members (excludes halogenated alkanes) is 10. The Morgan fingerprint density at radius 3 is 1.81 bits per heavy atom. The molecule has 1 rings (SSSR count). The third-order valence-electron chi connectivity index (χ3n) is 4.07. The molecule has 0 atom stereocenters. The second-order valence-corrected chi connectivity index (χ2v) is 6.01. The number of hydrogen-bond donors (Lipinski definition) is 0. The molecule has 1 heterocycles. The first kappa shape index (κ1) is 17.9. The van der Waals surface area contributed by atoms with Crippen molar-refractivity contribution in [1.82, 2.24) is 4.90 Å². The van der Waals surface area contributed by atoms with Crippen molar-refractivity contribution in [2.45, 2.75) is 90.4 Å². The van der Waals surface area contributed by atoms with E-state index in [4.69, 9.17) is 0 Å². The second-order valence-electron chi connectivity index (χ2n) is 6.01. The van der Waals surface area contributed by atoms with Gasteiger partial charge in [-0.2, -0.15) is 0 Å². The van der Waals surface area contributed by atoms with Gasteiger partial charge in [0.05, 0.1) is 0 Å². The van der Waals surface area contributed by atoms with E-state index in [-0.39, 0.29) is 11.8 Å². The smallest absolute Gasteiger partial charge is 0.233 e.